The maximum absolute atomic E-state index is 6.02. The van der Waals surface area contributed by atoms with Crippen molar-refractivity contribution >= 4 is 28.6 Å². The van der Waals surface area contributed by atoms with E-state index in [1.165, 1.54) is 0 Å². The van der Waals surface area contributed by atoms with Gasteiger partial charge >= 0.3 is 0 Å². The van der Waals surface area contributed by atoms with Crippen LogP contribution in [0.15, 0.2) is 22.7 Å². The Bertz CT molecular complexity index is 499. The SMILES string of the molecule is C/C=C/c1noc2cc(C)c(Cl)cc12. The van der Waals surface area contributed by atoms with Gasteiger partial charge in [0.1, 0.15) is 5.69 Å². The normalized spacial score (nSPS) is 11.6. The van der Waals surface area contributed by atoms with Crippen molar-refractivity contribution in [2.75, 3.05) is 0 Å². The fraction of sp³-hybridized carbons (Fsp3) is 0.182. The number of rotatable bonds is 1. The second kappa shape index (κ2) is 3.46. The third-order valence-corrected chi connectivity index (χ3v) is 2.51. The molecule has 0 saturated carbocycles. The molecule has 0 amide bonds. The zero-order valence-corrected chi connectivity index (χ0v) is 8.80. The summed E-state index contributed by atoms with van der Waals surface area (Å²) < 4.78 is 5.18. The highest BCUT2D eigenvalue weighted by Gasteiger charge is 2.07. The van der Waals surface area contributed by atoms with Crippen molar-refractivity contribution in [2.24, 2.45) is 0 Å². The lowest BCUT2D eigenvalue weighted by Crippen LogP contribution is -1.76. The summed E-state index contributed by atoms with van der Waals surface area (Å²) >= 11 is 6.02. The minimum Gasteiger partial charge on any atom is -0.356 e. The molecule has 0 spiro atoms. The Morgan fingerprint density at radius 1 is 1.43 bits per heavy atom. The molecule has 0 fully saturated rings. The Morgan fingerprint density at radius 2 is 2.21 bits per heavy atom. The smallest absolute Gasteiger partial charge is 0.167 e. The van der Waals surface area contributed by atoms with Crippen molar-refractivity contribution in [1.82, 2.24) is 5.16 Å². The zero-order valence-electron chi connectivity index (χ0n) is 8.04. The van der Waals surface area contributed by atoms with Crippen LogP contribution < -0.4 is 0 Å². The first-order valence-corrected chi connectivity index (χ1v) is 4.78. The van der Waals surface area contributed by atoms with Gasteiger partial charge < -0.3 is 4.52 Å². The van der Waals surface area contributed by atoms with Gasteiger partial charge in [-0.3, -0.25) is 0 Å². The first kappa shape index (κ1) is 9.28. The van der Waals surface area contributed by atoms with Gasteiger partial charge in [0, 0.05) is 5.02 Å². The molecule has 0 atom stereocenters. The molecule has 2 rings (SSSR count). The lowest BCUT2D eigenvalue weighted by molar-refractivity contribution is 0.454. The highest BCUT2D eigenvalue weighted by molar-refractivity contribution is 6.32. The molecule has 0 bridgehead atoms. The fourth-order valence-electron chi connectivity index (χ4n) is 1.36. The predicted octanol–water partition coefficient (Wildman–Crippen LogP) is 3.82. The molecule has 0 saturated heterocycles. The maximum atomic E-state index is 6.02. The van der Waals surface area contributed by atoms with Crippen molar-refractivity contribution in [1.29, 1.82) is 0 Å². The Balaban J connectivity index is 2.73. The number of aryl methyl sites for hydroxylation is 1. The molecule has 0 aliphatic carbocycles. The lowest BCUT2D eigenvalue weighted by atomic mass is 10.1. The predicted molar refractivity (Wildman–Crippen MR) is 58.5 cm³/mol. The monoisotopic (exact) mass is 207 g/mol. The van der Waals surface area contributed by atoms with Crippen LogP contribution in [0.1, 0.15) is 18.2 Å². The number of nitrogens with zero attached hydrogens (tertiary/aromatic N) is 1. The van der Waals surface area contributed by atoms with E-state index in [9.17, 15) is 0 Å². The van der Waals surface area contributed by atoms with Gasteiger partial charge in [-0.25, -0.2) is 0 Å². The van der Waals surface area contributed by atoms with Gasteiger partial charge in [-0.15, -0.1) is 0 Å². The third-order valence-electron chi connectivity index (χ3n) is 2.10. The Kier molecular flexibility index (Phi) is 2.30. The van der Waals surface area contributed by atoms with E-state index in [1.54, 1.807) is 0 Å². The zero-order chi connectivity index (χ0) is 10.1. The average molecular weight is 208 g/mol. The van der Waals surface area contributed by atoms with E-state index in [0.717, 1.165) is 27.2 Å². The first-order chi connectivity index (χ1) is 6.72. The standard InChI is InChI=1S/C11H10ClNO/c1-3-4-10-8-6-9(12)7(2)5-11(8)14-13-10/h3-6H,1-2H3/b4-3+. The topological polar surface area (TPSA) is 26.0 Å². The van der Waals surface area contributed by atoms with E-state index in [-0.39, 0.29) is 0 Å². The molecule has 2 aromatic rings. The summed E-state index contributed by atoms with van der Waals surface area (Å²) in [5.41, 5.74) is 2.60. The van der Waals surface area contributed by atoms with E-state index in [1.807, 2.05) is 38.1 Å². The molecule has 14 heavy (non-hydrogen) atoms. The van der Waals surface area contributed by atoms with Crippen molar-refractivity contribution in [3.63, 3.8) is 0 Å². The van der Waals surface area contributed by atoms with Gasteiger partial charge in [0.25, 0.3) is 0 Å². The molecule has 0 radical (unpaired) electrons. The van der Waals surface area contributed by atoms with E-state index < -0.39 is 0 Å². The summed E-state index contributed by atoms with van der Waals surface area (Å²) in [7, 11) is 0. The molecule has 72 valence electrons. The van der Waals surface area contributed by atoms with Crippen molar-refractivity contribution < 1.29 is 4.52 Å². The number of hydrogen-bond donors (Lipinski definition) is 0. The van der Waals surface area contributed by atoms with Crippen LogP contribution in [0.4, 0.5) is 0 Å². The number of aromatic nitrogens is 1. The third kappa shape index (κ3) is 1.42. The molecule has 1 heterocycles. The molecule has 3 heteroatoms. The van der Waals surface area contributed by atoms with Crippen LogP contribution in [0.5, 0.6) is 0 Å². The van der Waals surface area contributed by atoms with Gasteiger partial charge in [0.15, 0.2) is 5.58 Å². The van der Waals surface area contributed by atoms with Crippen LogP contribution in [-0.4, -0.2) is 5.16 Å². The van der Waals surface area contributed by atoms with Gasteiger partial charge in [0.2, 0.25) is 0 Å². The molecule has 0 aliphatic rings. The second-order valence-corrected chi connectivity index (χ2v) is 3.57. The number of halogens is 1. The van der Waals surface area contributed by atoms with Crippen molar-refractivity contribution in [2.45, 2.75) is 13.8 Å². The van der Waals surface area contributed by atoms with Crippen LogP contribution in [0.2, 0.25) is 5.02 Å². The van der Waals surface area contributed by atoms with Gasteiger partial charge in [0.05, 0.1) is 5.39 Å². The summed E-state index contributed by atoms with van der Waals surface area (Å²) in [4.78, 5) is 0. The summed E-state index contributed by atoms with van der Waals surface area (Å²) in [5.74, 6) is 0. The molecular formula is C11H10ClNO. The van der Waals surface area contributed by atoms with Gasteiger partial charge in [-0.1, -0.05) is 22.8 Å². The largest absolute Gasteiger partial charge is 0.356 e. The van der Waals surface area contributed by atoms with Crippen LogP contribution >= 0.6 is 11.6 Å². The number of benzene rings is 1. The maximum Gasteiger partial charge on any atom is 0.167 e. The summed E-state index contributed by atoms with van der Waals surface area (Å²) in [5, 5.41) is 5.65. The fourth-order valence-corrected chi connectivity index (χ4v) is 1.52. The second-order valence-electron chi connectivity index (χ2n) is 3.17. The van der Waals surface area contributed by atoms with Gasteiger partial charge in [-0.05, 0) is 37.6 Å². The molecule has 2 nitrogen and oxygen atoms in total. The Morgan fingerprint density at radius 3 is 2.93 bits per heavy atom. The number of hydrogen-bond acceptors (Lipinski definition) is 2. The van der Waals surface area contributed by atoms with E-state index in [4.69, 9.17) is 16.1 Å². The van der Waals surface area contributed by atoms with Crippen LogP contribution in [0, 0.1) is 6.92 Å². The van der Waals surface area contributed by atoms with Crippen molar-refractivity contribution in [3.05, 3.63) is 34.5 Å². The van der Waals surface area contributed by atoms with Crippen LogP contribution in [0.3, 0.4) is 0 Å². The van der Waals surface area contributed by atoms with Crippen LogP contribution in [-0.2, 0) is 0 Å². The van der Waals surface area contributed by atoms with E-state index >= 15 is 0 Å². The number of allylic oxidation sites excluding steroid dienone is 1. The number of fused-ring (bicyclic) bond motifs is 1. The summed E-state index contributed by atoms with van der Waals surface area (Å²) in [6, 6.07) is 3.79. The molecule has 1 aromatic heterocycles. The highest BCUT2D eigenvalue weighted by atomic mass is 35.5. The Hall–Kier alpha value is -1.28. The average Bonchev–Trinajstić information content (AvgIpc) is 2.51. The van der Waals surface area contributed by atoms with Crippen molar-refractivity contribution in [3.8, 4) is 0 Å². The quantitative estimate of drug-likeness (QED) is 0.711. The summed E-state index contributed by atoms with van der Waals surface area (Å²) in [6.45, 7) is 3.88. The summed E-state index contributed by atoms with van der Waals surface area (Å²) in [6.07, 6.45) is 3.82. The van der Waals surface area contributed by atoms with Crippen LogP contribution in [0.25, 0.3) is 17.0 Å². The lowest BCUT2D eigenvalue weighted by Gasteiger charge is -1.95. The minimum absolute atomic E-state index is 0.742. The Labute approximate surface area is 87.2 Å². The molecule has 0 N–H and O–H groups in total. The van der Waals surface area contributed by atoms with Gasteiger partial charge in [-0.2, -0.15) is 0 Å². The molecular weight excluding hydrogens is 198 g/mol. The van der Waals surface area contributed by atoms with E-state index in [2.05, 4.69) is 5.16 Å². The van der Waals surface area contributed by atoms with E-state index in [0.29, 0.717) is 0 Å². The molecule has 0 aliphatic heterocycles. The molecule has 0 unspecified atom stereocenters. The minimum atomic E-state index is 0.742. The molecule has 1 aromatic carbocycles. The first-order valence-electron chi connectivity index (χ1n) is 4.40. The highest BCUT2D eigenvalue weighted by Crippen LogP contribution is 2.26.